The van der Waals surface area contributed by atoms with Crippen LogP contribution in [0.3, 0.4) is 0 Å². The van der Waals surface area contributed by atoms with Gasteiger partial charge in [-0.1, -0.05) is 66.4 Å². The highest BCUT2D eigenvalue weighted by Crippen LogP contribution is 2.53. The maximum atomic E-state index is 10.4. The molecule has 0 N–H and O–H groups in total. The zero-order valence-corrected chi connectivity index (χ0v) is 22.6. The second-order valence-electron chi connectivity index (χ2n) is 10.2. The smallest absolute Gasteiger partial charge is 0.332 e. The fourth-order valence-electron chi connectivity index (χ4n) is 6.53. The van der Waals surface area contributed by atoms with Gasteiger partial charge in [0, 0.05) is 26.3 Å². The van der Waals surface area contributed by atoms with Crippen LogP contribution >= 0.6 is 11.8 Å². The monoisotopic (exact) mass is 550 g/mol. The van der Waals surface area contributed by atoms with Crippen LogP contribution in [-0.4, -0.2) is 11.4 Å². The summed E-state index contributed by atoms with van der Waals surface area (Å²) in [5.41, 5.74) is 8.05. The summed E-state index contributed by atoms with van der Waals surface area (Å²) in [6.07, 6.45) is 0. The van der Waals surface area contributed by atoms with Gasteiger partial charge in [0.05, 0.1) is 57.8 Å². The largest absolute Gasteiger partial charge is 0.373 e. The number of rotatable bonds is 1. The fraction of sp³-hybridized carbons (Fsp3) is 0. The van der Waals surface area contributed by atoms with Crippen LogP contribution in [0.4, 0.5) is 17.1 Å². The SMILES string of the molecule is [C-]#[N+]c1cc(C#N)c2c(c1)Sc1cc(C#N)cc(C#N)c1N2B1c2ccccc2-n2c3ccccc3c3cccc1c32. The number of hydrogen-bond acceptors (Lipinski definition) is 5. The molecule has 0 saturated heterocycles. The Morgan fingerprint density at radius 2 is 1.40 bits per heavy atom. The first-order valence-corrected chi connectivity index (χ1v) is 14.0. The van der Waals surface area contributed by atoms with Crippen LogP contribution in [0.5, 0.6) is 0 Å². The van der Waals surface area contributed by atoms with Crippen LogP contribution in [0.15, 0.2) is 101 Å². The minimum Gasteiger partial charge on any atom is -0.373 e. The van der Waals surface area contributed by atoms with Crippen LogP contribution in [0, 0.1) is 40.6 Å². The molecule has 0 amide bonds. The molecular weight excluding hydrogens is 535 g/mol. The third-order valence-corrected chi connectivity index (χ3v) is 9.15. The van der Waals surface area contributed by atoms with Crippen LogP contribution in [0.1, 0.15) is 16.7 Å². The molecule has 0 fully saturated rings. The van der Waals surface area contributed by atoms with Crippen molar-refractivity contribution in [3.05, 3.63) is 119 Å². The van der Waals surface area contributed by atoms with Gasteiger partial charge in [0.2, 0.25) is 0 Å². The Kier molecular flexibility index (Phi) is 5.00. The van der Waals surface area contributed by atoms with Crippen molar-refractivity contribution in [3.8, 4) is 23.9 Å². The van der Waals surface area contributed by atoms with E-state index in [2.05, 4.69) is 81.0 Å². The summed E-state index contributed by atoms with van der Waals surface area (Å²) in [6.45, 7) is 7.27. The highest BCUT2D eigenvalue weighted by molar-refractivity contribution is 7.99. The molecule has 0 spiro atoms. The molecule has 42 heavy (non-hydrogen) atoms. The molecule has 0 aliphatic carbocycles. The van der Waals surface area contributed by atoms with E-state index in [4.69, 9.17) is 6.57 Å². The molecule has 1 aromatic heterocycles. The molecule has 5 aromatic carbocycles. The highest BCUT2D eigenvalue weighted by Gasteiger charge is 2.42. The average Bonchev–Trinajstić information content (AvgIpc) is 3.38. The predicted octanol–water partition coefficient (Wildman–Crippen LogP) is 6.67. The van der Waals surface area contributed by atoms with E-state index < -0.39 is 6.85 Å². The average molecular weight is 550 g/mol. The van der Waals surface area contributed by atoms with Gasteiger partial charge < -0.3 is 9.38 Å². The summed E-state index contributed by atoms with van der Waals surface area (Å²) in [7, 11) is 0. The molecule has 3 heterocycles. The van der Waals surface area contributed by atoms with Gasteiger partial charge in [-0.3, -0.25) is 0 Å². The van der Waals surface area contributed by atoms with Crippen LogP contribution in [-0.2, 0) is 0 Å². The van der Waals surface area contributed by atoms with Gasteiger partial charge in [-0.05, 0) is 47.3 Å². The maximum absolute atomic E-state index is 10.4. The quantitative estimate of drug-likeness (QED) is 0.169. The van der Waals surface area contributed by atoms with Gasteiger partial charge >= 0.3 is 6.85 Å². The van der Waals surface area contributed by atoms with E-state index in [1.807, 2.05) is 18.2 Å². The number of nitriles is 3. The molecule has 0 radical (unpaired) electrons. The van der Waals surface area contributed by atoms with Crippen LogP contribution in [0.25, 0.3) is 32.3 Å². The third-order valence-electron chi connectivity index (χ3n) is 8.09. The van der Waals surface area contributed by atoms with E-state index in [-0.39, 0.29) is 0 Å². The summed E-state index contributed by atoms with van der Waals surface area (Å²) < 4.78 is 2.31. The second-order valence-corrected chi connectivity index (χ2v) is 11.3. The normalized spacial score (nSPS) is 12.5. The van der Waals surface area contributed by atoms with Crippen molar-refractivity contribution in [2.75, 3.05) is 4.81 Å². The number of fused-ring (bicyclic) bond motifs is 7. The van der Waals surface area contributed by atoms with Crippen molar-refractivity contribution < 1.29 is 0 Å². The fourth-order valence-corrected chi connectivity index (χ4v) is 7.74. The molecule has 0 saturated carbocycles. The lowest BCUT2D eigenvalue weighted by Gasteiger charge is -2.41. The molecular formula is C34H15BN6S. The Hall–Kier alpha value is -5.93. The molecule has 2 aliphatic rings. The summed E-state index contributed by atoms with van der Waals surface area (Å²) in [6, 6.07) is 36.6. The van der Waals surface area contributed by atoms with Crippen molar-refractivity contribution in [2.45, 2.75) is 9.79 Å². The highest BCUT2D eigenvalue weighted by atomic mass is 32.2. The Balaban J connectivity index is 1.55. The lowest BCUT2D eigenvalue weighted by molar-refractivity contribution is 1.17. The summed E-state index contributed by atoms with van der Waals surface area (Å²) in [5, 5.41) is 32.8. The van der Waals surface area contributed by atoms with Gasteiger partial charge in [0.25, 0.3) is 0 Å². The number of para-hydroxylation sites is 3. The first kappa shape index (κ1) is 23.9. The molecule has 190 valence electrons. The van der Waals surface area contributed by atoms with Gasteiger partial charge in [0.1, 0.15) is 6.07 Å². The van der Waals surface area contributed by atoms with Crippen LogP contribution < -0.4 is 15.7 Å². The molecule has 6 nitrogen and oxygen atoms in total. The first-order chi connectivity index (χ1) is 20.7. The predicted molar refractivity (Wildman–Crippen MR) is 165 cm³/mol. The molecule has 0 unspecified atom stereocenters. The minimum atomic E-state index is -0.397. The summed E-state index contributed by atoms with van der Waals surface area (Å²) in [4.78, 5) is 7.20. The van der Waals surface area contributed by atoms with Crippen molar-refractivity contribution >= 4 is 68.4 Å². The third kappa shape index (κ3) is 3.08. The van der Waals surface area contributed by atoms with E-state index in [1.54, 1.807) is 24.3 Å². The van der Waals surface area contributed by atoms with Crippen molar-refractivity contribution in [2.24, 2.45) is 0 Å². The minimum absolute atomic E-state index is 0.358. The standard InChI is InChI=1S/C34H15BN6S/c1-39-23-15-22(19-38)33-31(16-23)42-30-14-20(17-36)13-21(18-37)32(30)41(33)35-26-9-3-5-12-29(26)40-28-11-4-2-7-24(28)25-8-6-10-27(35)34(25)40/h2-16H. The molecule has 8 rings (SSSR count). The molecule has 0 atom stereocenters. The Morgan fingerprint density at radius 3 is 2.19 bits per heavy atom. The lowest BCUT2D eigenvalue weighted by atomic mass is 9.46. The van der Waals surface area contributed by atoms with E-state index in [0.717, 1.165) is 48.2 Å². The van der Waals surface area contributed by atoms with Gasteiger partial charge in [-0.2, -0.15) is 15.8 Å². The zero-order chi connectivity index (χ0) is 28.5. The number of anilines is 2. The summed E-state index contributed by atoms with van der Waals surface area (Å²) in [5.74, 6) is 0. The van der Waals surface area contributed by atoms with Crippen LogP contribution in [0.2, 0.25) is 0 Å². The maximum Gasteiger partial charge on any atom is 0.332 e. The van der Waals surface area contributed by atoms with E-state index in [1.165, 1.54) is 11.8 Å². The topological polar surface area (TPSA) is 83.9 Å². The van der Waals surface area contributed by atoms with Crippen molar-refractivity contribution in [1.82, 2.24) is 4.57 Å². The molecule has 0 bridgehead atoms. The van der Waals surface area contributed by atoms with Crippen molar-refractivity contribution in [3.63, 3.8) is 0 Å². The Labute approximate surface area is 245 Å². The van der Waals surface area contributed by atoms with Gasteiger partial charge in [-0.15, -0.1) is 0 Å². The Bertz CT molecular complexity index is 2280. The van der Waals surface area contributed by atoms with E-state index in [9.17, 15) is 15.8 Å². The molecule has 8 heteroatoms. The number of aromatic nitrogens is 1. The Morgan fingerprint density at radius 1 is 0.714 bits per heavy atom. The lowest BCUT2D eigenvalue weighted by Crippen LogP contribution is -2.59. The molecule has 2 aliphatic heterocycles. The van der Waals surface area contributed by atoms with Crippen molar-refractivity contribution in [1.29, 1.82) is 15.8 Å². The zero-order valence-electron chi connectivity index (χ0n) is 21.8. The number of benzene rings is 5. The summed E-state index contributed by atoms with van der Waals surface area (Å²) >= 11 is 1.39. The first-order valence-electron chi connectivity index (χ1n) is 13.2. The molecule has 6 aromatic rings. The van der Waals surface area contributed by atoms with E-state index >= 15 is 0 Å². The number of hydrogen-bond donors (Lipinski definition) is 0. The second kappa shape index (κ2) is 8.79. The number of nitrogens with zero attached hydrogens (tertiary/aromatic N) is 6. The van der Waals surface area contributed by atoms with Gasteiger partial charge in [-0.25, -0.2) is 4.85 Å². The van der Waals surface area contributed by atoms with E-state index in [0.29, 0.717) is 33.8 Å². The van der Waals surface area contributed by atoms with Gasteiger partial charge in [0.15, 0.2) is 5.69 Å².